The number of aryl methyl sites for hydroxylation is 2. The molecule has 0 aliphatic rings. The summed E-state index contributed by atoms with van der Waals surface area (Å²) in [6.07, 6.45) is 1.55. The summed E-state index contributed by atoms with van der Waals surface area (Å²) < 4.78 is 9.58. The number of ether oxygens (including phenoxy) is 1. The Kier molecular flexibility index (Phi) is 2.86. The number of carbonyl (C=O) groups excluding carboxylic acids is 1. The van der Waals surface area contributed by atoms with Crippen molar-refractivity contribution < 1.29 is 14.1 Å². The van der Waals surface area contributed by atoms with Gasteiger partial charge in [0.2, 0.25) is 0 Å². The van der Waals surface area contributed by atoms with Gasteiger partial charge in [-0.1, -0.05) is 5.16 Å². The molecule has 2 heterocycles. The molecule has 88 valence electrons. The van der Waals surface area contributed by atoms with Crippen LogP contribution in [-0.4, -0.2) is 28.2 Å². The Bertz CT molecular complexity index is 563. The van der Waals surface area contributed by atoms with Crippen LogP contribution in [0.15, 0.2) is 16.8 Å². The molecule has 0 unspecified atom stereocenters. The molecule has 6 nitrogen and oxygen atoms in total. The molecule has 0 bridgehead atoms. The molecule has 0 saturated heterocycles. The van der Waals surface area contributed by atoms with E-state index in [9.17, 15) is 4.79 Å². The van der Waals surface area contributed by atoms with Gasteiger partial charge in [0.25, 0.3) is 0 Å². The van der Waals surface area contributed by atoms with Gasteiger partial charge in [-0.25, -0.2) is 14.8 Å². The standard InChI is InChI=1S/C11H11N3O3/c1-6-8(5-12-17-6)9-4-10(11(15)16-3)14-7(2)13-9/h4-5H,1-3H3. The van der Waals surface area contributed by atoms with Crippen molar-refractivity contribution in [1.29, 1.82) is 0 Å². The third-order valence-corrected chi connectivity index (χ3v) is 2.26. The van der Waals surface area contributed by atoms with Gasteiger partial charge in [-0.05, 0) is 19.9 Å². The highest BCUT2D eigenvalue weighted by Crippen LogP contribution is 2.21. The number of esters is 1. The zero-order valence-electron chi connectivity index (χ0n) is 9.72. The minimum Gasteiger partial charge on any atom is -0.464 e. The van der Waals surface area contributed by atoms with E-state index in [4.69, 9.17) is 4.52 Å². The minimum absolute atomic E-state index is 0.218. The molecule has 0 radical (unpaired) electrons. The van der Waals surface area contributed by atoms with Crippen molar-refractivity contribution >= 4 is 5.97 Å². The number of methoxy groups -OCH3 is 1. The van der Waals surface area contributed by atoms with Crippen LogP contribution in [0.5, 0.6) is 0 Å². The van der Waals surface area contributed by atoms with Crippen molar-refractivity contribution in [2.45, 2.75) is 13.8 Å². The van der Waals surface area contributed by atoms with E-state index in [-0.39, 0.29) is 5.69 Å². The zero-order chi connectivity index (χ0) is 12.4. The molecule has 0 aromatic carbocycles. The fraction of sp³-hybridized carbons (Fsp3) is 0.273. The number of carbonyl (C=O) groups is 1. The molecule has 2 rings (SSSR count). The van der Waals surface area contributed by atoms with Gasteiger partial charge in [0.05, 0.1) is 24.6 Å². The minimum atomic E-state index is -0.495. The average Bonchev–Trinajstić information content (AvgIpc) is 2.73. The molecule has 6 heteroatoms. The van der Waals surface area contributed by atoms with E-state index in [0.29, 0.717) is 17.3 Å². The van der Waals surface area contributed by atoms with Crippen LogP contribution >= 0.6 is 0 Å². The second-order valence-electron chi connectivity index (χ2n) is 3.47. The molecule has 0 spiro atoms. The SMILES string of the molecule is COC(=O)c1cc(-c2cnoc2C)nc(C)n1. The lowest BCUT2D eigenvalue weighted by Gasteiger charge is -2.03. The Hall–Kier alpha value is -2.24. The first kappa shape index (κ1) is 11.3. The maximum absolute atomic E-state index is 11.4. The molecule has 0 fully saturated rings. The van der Waals surface area contributed by atoms with Gasteiger partial charge >= 0.3 is 5.97 Å². The summed E-state index contributed by atoms with van der Waals surface area (Å²) in [5.74, 6) is 0.633. The summed E-state index contributed by atoms with van der Waals surface area (Å²) in [7, 11) is 1.31. The third-order valence-electron chi connectivity index (χ3n) is 2.26. The predicted octanol–water partition coefficient (Wildman–Crippen LogP) is 1.54. The van der Waals surface area contributed by atoms with Crippen LogP contribution in [0.1, 0.15) is 22.1 Å². The van der Waals surface area contributed by atoms with E-state index >= 15 is 0 Å². The molecule has 0 amide bonds. The summed E-state index contributed by atoms with van der Waals surface area (Å²) in [6, 6.07) is 1.55. The second kappa shape index (κ2) is 4.32. The van der Waals surface area contributed by atoms with Crippen LogP contribution in [0.2, 0.25) is 0 Å². The van der Waals surface area contributed by atoms with Gasteiger partial charge in [0.1, 0.15) is 11.6 Å². The summed E-state index contributed by atoms with van der Waals surface area (Å²) in [4.78, 5) is 19.7. The van der Waals surface area contributed by atoms with Gasteiger partial charge in [-0.2, -0.15) is 0 Å². The molecule has 0 aliphatic heterocycles. The maximum atomic E-state index is 11.4. The van der Waals surface area contributed by atoms with E-state index < -0.39 is 5.97 Å². The van der Waals surface area contributed by atoms with Crippen LogP contribution < -0.4 is 0 Å². The predicted molar refractivity (Wildman–Crippen MR) is 58.3 cm³/mol. The Labute approximate surface area is 97.6 Å². The number of rotatable bonds is 2. The van der Waals surface area contributed by atoms with Crippen LogP contribution in [0, 0.1) is 13.8 Å². The topological polar surface area (TPSA) is 78.1 Å². The monoisotopic (exact) mass is 233 g/mol. The number of aromatic nitrogens is 3. The molecule has 17 heavy (non-hydrogen) atoms. The Balaban J connectivity index is 2.53. The quantitative estimate of drug-likeness (QED) is 0.732. The largest absolute Gasteiger partial charge is 0.464 e. The summed E-state index contributed by atoms with van der Waals surface area (Å²) in [5, 5.41) is 3.67. The average molecular weight is 233 g/mol. The van der Waals surface area contributed by atoms with E-state index in [1.807, 2.05) is 0 Å². The highest BCUT2D eigenvalue weighted by atomic mass is 16.5. The molecule has 2 aromatic heterocycles. The molecule has 2 aromatic rings. The summed E-state index contributed by atoms with van der Waals surface area (Å²) in [5.41, 5.74) is 1.55. The molecule has 0 saturated carbocycles. The van der Waals surface area contributed by atoms with Crippen molar-refractivity contribution in [3.63, 3.8) is 0 Å². The number of hydrogen-bond donors (Lipinski definition) is 0. The van der Waals surface area contributed by atoms with Crippen LogP contribution in [0.25, 0.3) is 11.3 Å². The van der Waals surface area contributed by atoms with E-state index in [1.54, 1.807) is 26.1 Å². The summed E-state index contributed by atoms with van der Waals surface area (Å²) in [6.45, 7) is 3.48. The summed E-state index contributed by atoms with van der Waals surface area (Å²) >= 11 is 0. The number of nitrogens with zero attached hydrogens (tertiary/aromatic N) is 3. The van der Waals surface area contributed by atoms with Gasteiger partial charge in [0.15, 0.2) is 5.69 Å². The van der Waals surface area contributed by atoms with Crippen molar-refractivity contribution in [1.82, 2.24) is 15.1 Å². The second-order valence-corrected chi connectivity index (χ2v) is 3.47. The normalized spacial score (nSPS) is 10.3. The van der Waals surface area contributed by atoms with Crippen molar-refractivity contribution in [3.05, 3.63) is 29.5 Å². The van der Waals surface area contributed by atoms with Crippen molar-refractivity contribution in [2.24, 2.45) is 0 Å². The fourth-order valence-electron chi connectivity index (χ4n) is 1.46. The first-order valence-electron chi connectivity index (χ1n) is 4.97. The lowest BCUT2D eigenvalue weighted by molar-refractivity contribution is 0.0593. The zero-order valence-corrected chi connectivity index (χ0v) is 9.72. The molecular formula is C11H11N3O3. The Morgan fingerprint density at radius 2 is 2.12 bits per heavy atom. The maximum Gasteiger partial charge on any atom is 0.356 e. The van der Waals surface area contributed by atoms with Crippen LogP contribution in [0.4, 0.5) is 0 Å². The van der Waals surface area contributed by atoms with Crippen molar-refractivity contribution in [3.8, 4) is 11.3 Å². The molecular weight excluding hydrogens is 222 g/mol. The van der Waals surface area contributed by atoms with E-state index in [0.717, 1.165) is 5.56 Å². The first-order valence-corrected chi connectivity index (χ1v) is 4.97. The fourth-order valence-corrected chi connectivity index (χ4v) is 1.46. The lowest BCUT2D eigenvalue weighted by Crippen LogP contribution is -2.07. The third kappa shape index (κ3) is 2.15. The Morgan fingerprint density at radius 3 is 2.71 bits per heavy atom. The van der Waals surface area contributed by atoms with Gasteiger partial charge in [-0.15, -0.1) is 0 Å². The molecule has 0 atom stereocenters. The Morgan fingerprint density at radius 1 is 1.35 bits per heavy atom. The van der Waals surface area contributed by atoms with Crippen molar-refractivity contribution in [2.75, 3.05) is 7.11 Å². The van der Waals surface area contributed by atoms with Gasteiger partial charge < -0.3 is 9.26 Å². The smallest absolute Gasteiger partial charge is 0.356 e. The van der Waals surface area contributed by atoms with Gasteiger partial charge in [0, 0.05) is 0 Å². The lowest BCUT2D eigenvalue weighted by atomic mass is 10.2. The molecule has 0 N–H and O–H groups in total. The van der Waals surface area contributed by atoms with Crippen LogP contribution in [-0.2, 0) is 4.74 Å². The van der Waals surface area contributed by atoms with E-state index in [1.165, 1.54) is 7.11 Å². The van der Waals surface area contributed by atoms with Crippen LogP contribution in [0.3, 0.4) is 0 Å². The number of hydrogen-bond acceptors (Lipinski definition) is 6. The van der Waals surface area contributed by atoms with Gasteiger partial charge in [-0.3, -0.25) is 0 Å². The van der Waals surface area contributed by atoms with E-state index in [2.05, 4.69) is 19.9 Å². The highest BCUT2D eigenvalue weighted by Gasteiger charge is 2.14. The first-order chi connectivity index (χ1) is 8.11. The molecule has 0 aliphatic carbocycles. The highest BCUT2D eigenvalue weighted by molar-refractivity contribution is 5.88.